The van der Waals surface area contributed by atoms with E-state index >= 15 is 0 Å². The van der Waals surface area contributed by atoms with Crippen LogP contribution >= 0.6 is 0 Å². The summed E-state index contributed by atoms with van der Waals surface area (Å²) < 4.78 is 15.1. The predicted octanol–water partition coefficient (Wildman–Crippen LogP) is 0.532. The zero-order chi connectivity index (χ0) is 11.7. The van der Waals surface area contributed by atoms with Crippen LogP contribution in [0.1, 0.15) is 10.4 Å². The molecule has 1 aliphatic heterocycles. The molecule has 2 rings (SSSR count). The fourth-order valence-corrected chi connectivity index (χ4v) is 1.49. The molecule has 0 atom stereocenters. The summed E-state index contributed by atoms with van der Waals surface area (Å²) in [6, 6.07) is 1.41. The SMILES string of the molecule is COC(=O)c1c(O)c(N)cc2c1OCCO2. The average molecular weight is 225 g/mol. The number of hydrogen-bond acceptors (Lipinski definition) is 6. The number of anilines is 1. The van der Waals surface area contributed by atoms with Crippen molar-refractivity contribution in [2.24, 2.45) is 0 Å². The fourth-order valence-electron chi connectivity index (χ4n) is 1.49. The zero-order valence-electron chi connectivity index (χ0n) is 8.65. The van der Waals surface area contributed by atoms with Crippen LogP contribution in [0.15, 0.2) is 6.07 Å². The molecule has 1 aromatic carbocycles. The molecule has 1 aliphatic rings. The molecule has 0 aliphatic carbocycles. The second-order valence-electron chi connectivity index (χ2n) is 3.21. The van der Waals surface area contributed by atoms with Gasteiger partial charge in [0.15, 0.2) is 17.2 Å². The second kappa shape index (κ2) is 3.80. The third-order valence-electron chi connectivity index (χ3n) is 2.22. The lowest BCUT2D eigenvalue weighted by Crippen LogP contribution is -2.18. The first kappa shape index (κ1) is 10.4. The Labute approximate surface area is 91.5 Å². The van der Waals surface area contributed by atoms with Gasteiger partial charge in [0.2, 0.25) is 0 Å². The van der Waals surface area contributed by atoms with Crippen molar-refractivity contribution < 1.29 is 24.1 Å². The minimum atomic E-state index is -0.716. The van der Waals surface area contributed by atoms with E-state index in [9.17, 15) is 9.90 Å². The largest absolute Gasteiger partial charge is 0.505 e. The number of phenolic OH excluding ortho intramolecular Hbond substituents is 1. The number of rotatable bonds is 1. The second-order valence-corrected chi connectivity index (χ2v) is 3.21. The molecule has 0 fully saturated rings. The zero-order valence-corrected chi connectivity index (χ0v) is 8.65. The Morgan fingerprint density at radius 2 is 2.19 bits per heavy atom. The first-order valence-electron chi connectivity index (χ1n) is 4.64. The van der Waals surface area contributed by atoms with Gasteiger partial charge in [-0.2, -0.15) is 0 Å². The van der Waals surface area contributed by atoms with Crippen molar-refractivity contribution in [3.05, 3.63) is 11.6 Å². The van der Waals surface area contributed by atoms with Crippen molar-refractivity contribution >= 4 is 11.7 Å². The number of carbonyl (C=O) groups excluding carboxylic acids is 1. The van der Waals surface area contributed by atoms with Crippen LogP contribution < -0.4 is 15.2 Å². The Kier molecular flexibility index (Phi) is 2.47. The van der Waals surface area contributed by atoms with Gasteiger partial charge in [0, 0.05) is 6.07 Å². The van der Waals surface area contributed by atoms with E-state index in [1.807, 2.05) is 0 Å². The van der Waals surface area contributed by atoms with Gasteiger partial charge in [-0.3, -0.25) is 0 Å². The minimum absolute atomic E-state index is 0.0460. The van der Waals surface area contributed by atoms with E-state index in [0.717, 1.165) is 0 Å². The van der Waals surface area contributed by atoms with Crippen molar-refractivity contribution in [1.82, 2.24) is 0 Å². The van der Waals surface area contributed by atoms with Gasteiger partial charge in [-0.25, -0.2) is 4.79 Å². The first-order chi connectivity index (χ1) is 7.65. The minimum Gasteiger partial charge on any atom is -0.505 e. The van der Waals surface area contributed by atoms with E-state index in [-0.39, 0.29) is 22.7 Å². The van der Waals surface area contributed by atoms with E-state index < -0.39 is 5.97 Å². The van der Waals surface area contributed by atoms with Crippen LogP contribution in [0.5, 0.6) is 17.2 Å². The molecule has 1 aromatic rings. The number of methoxy groups -OCH3 is 1. The number of nitrogens with two attached hydrogens (primary N) is 1. The fraction of sp³-hybridized carbons (Fsp3) is 0.300. The molecule has 0 unspecified atom stereocenters. The molecule has 0 spiro atoms. The summed E-state index contributed by atoms with van der Waals surface area (Å²) in [4.78, 5) is 11.5. The number of esters is 1. The quantitative estimate of drug-likeness (QED) is 0.411. The summed E-state index contributed by atoms with van der Waals surface area (Å²) >= 11 is 0. The van der Waals surface area contributed by atoms with Crippen molar-refractivity contribution in [3.63, 3.8) is 0 Å². The number of hydrogen-bond donors (Lipinski definition) is 2. The summed E-state index contributed by atoms with van der Waals surface area (Å²) in [6.07, 6.45) is 0. The number of benzene rings is 1. The molecule has 0 amide bonds. The maximum atomic E-state index is 11.5. The number of nitrogen functional groups attached to an aromatic ring is 1. The molecule has 0 saturated heterocycles. The van der Waals surface area contributed by atoms with Crippen LogP contribution in [0.2, 0.25) is 0 Å². The molecule has 3 N–H and O–H groups in total. The van der Waals surface area contributed by atoms with Crippen molar-refractivity contribution in [2.45, 2.75) is 0 Å². The number of carbonyl (C=O) groups is 1. The number of phenols is 1. The van der Waals surface area contributed by atoms with Gasteiger partial charge >= 0.3 is 5.97 Å². The van der Waals surface area contributed by atoms with Gasteiger partial charge in [-0.1, -0.05) is 0 Å². The standard InChI is InChI=1S/C10H11NO5/c1-14-10(13)7-8(12)5(11)4-6-9(7)16-3-2-15-6/h4,12H,2-3,11H2,1H3. The van der Waals surface area contributed by atoms with Gasteiger partial charge in [-0.05, 0) is 0 Å². The maximum Gasteiger partial charge on any atom is 0.345 e. The number of aromatic hydroxyl groups is 1. The maximum absolute atomic E-state index is 11.5. The lowest BCUT2D eigenvalue weighted by molar-refractivity contribution is 0.0586. The highest BCUT2D eigenvalue weighted by Gasteiger charge is 2.27. The third kappa shape index (κ3) is 1.48. The molecular formula is C10H11NO5. The van der Waals surface area contributed by atoms with E-state index in [1.165, 1.54) is 13.2 Å². The topological polar surface area (TPSA) is 91.0 Å². The number of ether oxygens (including phenoxy) is 3. The van der Waals surface area contributed by atoms with Gasteiger partial charge in [0.1, 0.15) is 18.8 Å². The molecule has 6 nitrogen and oxygen atoms in total. The molecule has 0 aromatic heterocycles. The van der Waals surface area contributed by atoms with Gasteiger partial charge in [0.05, 0.1) is 12.8 Å². The van der Waals surface area contributed by atoms with Crippen LogP contribution in [-0.4, -0.2) is 31.4 Å². The molecule has 16 heavy (non-hydrogen) atoms. The van der Waals surface area contributed by atoms with Crippen LogP contribution in [0.3, 0.4) is 0 Å². The van der Waals surface area contributed by atoms with E-state index in [4.69, 9.17) is 15.2 Å². The Hall–Kier alpha value is -2.11. The van der Waals surface area contributed by atoms with Crippen LogP contribution in [0, 0.1) is 0 Å². The number of fused-ring (bicyclic) bond motifs is 1. The lowest BCUT2D eigenvalue weighted by Gasteiger charge is -2.21. The monoisotopic (exact) mass is 225 g/mol. The van der Waals surface area contributed by atoms with E-state index in [0.29, 0.717) is 19.0 Å². The Balaban J connectivity index is 2.63. The summed E-state index contributed by atoms with van der Waals surface area (Å²) in [5.74, 6) is -0.561. The highest BCUT2D eigenvalue weighted by molar-refractivity contribution is 5.98. The summed E-state index contributed by atoms with van der Waals surface area (Å²) in [5, 5.41) is 9.69. The molecule has 0 radical (unpaired) electrons. The summed E-state index contributed by atoms with van der Waals surface area (Å²) in [7, 11) is 1.21. The summed E-state index contributed by atoms with van der Waals surface area (Å²) in [6.45, 7) is 0.679. The van der Waals surface area contributed by atoms with Gasteiger partial charge in [-0.15, -0.1) is 0 Å². The van der Waals surface area contributed by atoms with Gasteiger partial charge in [0.25, 0.3) is 0 Å². The molecule has 0 bridgehead atoms. The first-order valence-corrected chi connectivity index (χ1v) is 4.64. The molecule has 86 valence electrons. The molecular weight excluding hydrogens is 214 g/mol. The van der Waals surface area contributed by atoms with Crippen LogP contribution in [0.4, 0.5) is 5.69 Å². The van der Waals surface area contributed by atoms with Gasteiger partial charge < -0.3 is 25.1 Å². The predicted molar refractivity (Wildman–Crippen MR) is 54.8 cm³/mol. The average Bonchev–Trinajstić information content (AvgIpc) is 2.30. The van der Waals surface area contributed by atoms with Crippen molar-refractivity contribution in [3.8, 4) is 17.2 Å². The van der Waals surface area contributed by atoms with Crippen molar-refractivity contribution in [2.75, 3.05) is 26.1 Å². The highest BCUT2D eigenvalue weighted by atomic mass is 16.6. The Bertz CT molecular complexity index is 443. The molecule has 0 saturated carbocycles. The highest BCUT2D eigenvalue weighted by Crippen LogP contribution is 2.43. The normalized spacial score (nSPS) is 13.3. The molecule has 1 heterocycles. The Morgan fingerprint density at radius 3 is 2.88 bits per heavy atom. The van der Waals surface area contributed by atoms with Crippen LogP contribution in [0.25, 0.3) is 0 Å². The lowest BCUT2D eigenvalue weighted by atomic mass is 10.1. The third-order valence-corrected chi connectivity index (χ3v) is 2.22. The molecule has 6 heteroatoms. The van der Waals surface area contributed by atoms with Crippen molar-refractivity contribution in [1.29, 1.82) is 0 Å². The Morgan fingerprint density at radius 1 is 1.50 bits per heavy atom. The van der Waals surface area contributed by atoms with E-state index in [1.54, 1.807) is 0 Å². The smallest absolute Gasteiger partial charge is 0.345 e. The van der Waals surface area contributed by atoms with E-state index in [2.05, 4.69) is 4.74 Å². The summed E-state index contributed by atoms with van der Waals surface area (Å²) in [5.41, 5.74) is 5.49. The van der Waals surface area contributed by atoms with Crippen LogP contribution in [-0.2, 0) is 4.74 Å².